The summed E-state index contributed by atoms with van der Waals surface area (Å²) in [5, 5.41) is 2.72. The molecule has 2 rings (SSSR count). The highest BCUT2D eigenvalue weighted by Gasteiger charge is 2.20. The minimum Gasteiger partial charge on any atom is -0.321 e. The predicted octanol–water partition coefficient (Wildman–Crippen LogP) is 4.07. The Balaban J connectivity index is 2.08. The number of halogens is 1. The summed E-state index contributed by atoms with van der Waals surface area (Å²) in [6.45, 7) is 2.50. The molecule has 0 bridgehead atoms. The second-order valence-corrected chi connectivity index (χ2v) is 9.02. The Hall–Kier alpha value is -1.41. The molecule has 0 saturated heterocycles. The number of rotatable bonds is 7. The number of carbonyl (C=O) groups excluding carboxylic acids is 1. The maximum atomic E-state index is 12.4. The van der Waals surface area contributed by atoms with Crippen LogP contribution in [0.15, 0.2) is 41.3 Å². The lowest BCUT2D eigenvalue weighted by molar-refractivity contribution is 0.103. The second kappa shape index (κ2) is 8.11. The molecule has 0 saturated carbocycles. The molecule has 1 N–H and O–H groups in total. The standard InChI is InChI=1S/C16H19ClN2O3S2/c1-3-4-11-19(2)24(21,22)13-7-5-12(6-8-13)18-16(20)14-9-10-15(17)23-14/h5-10H,3-4,11H2,1-2H3,(H,18,20). The lowest BCUT2D eigenvalue weighted by Crippen LogP contribution is -2.27. The van der Waals surface area contributed by atoms with Crippen molar-refractivity contribution in [1.82, 2.24) is 4.31 Å². The summed E-state index contributed by atoms with van der Waals surface area (Å²) in [7, 11) is -1.93. The molecular formula is C16H19ClN2O3S2. The van der Waals surface area contributed by atoms with E-state index in [-0.39, 0.29) is 10.8 Å². The van der Waals surface area contributed by atoms with Crippen molar-refractivity contribution in [3.63, 3.8) is 0 Å². The van der Waals surface area contributed by atoms with Crippen molar-refractivity contribution in [2.75, 3.05) is 18.9 Å². The number of hydrogen-bond acceptors (Lipinski definition) is 4. The summed E-state index contributed by atoms with van der Waals surface area (Å²) in [6.07, 6.45) is 1.74. The Labute approximate surface area is 151 Å². The van der Waals surface area contributed by atoms with Crippen LogP contribution in [-0.4, -0.2) is 32.2 Å². The number of sulfonamides is 1. The summed E-state index contributed by atoms with van der Waals surface area (Å²) in [5.74, 6) is -0.275. The summed E-state index contributed by atoms with van der Waals surface area (Å²) < 4.78 is 26.7. The Morgan fingerprint density at radius 2 is 1.88 bits per heavy atom. The van der Waals surface area contributed by atoms with Crippen molar-refractivity contribution in [3.8, 4) is 0 Å². The van der Waals surface area contributed by atoms with Crippen molar-refractivity contribution in [3.05, 3.63) is 45.6 Å². The smallest absolute Gasteiger partial charge is 0.265 e. The van der Waals surface area contributed by atoms with Gasteiger partial charge in [0.15, 0.2) is 0 Å². The summed E-state index contributed by atoms with van der Waals surface area (Å²) in [4.78, 5) is 12.8. The van der Waals surface area contributed by atoms with Crippen LogP contribution in [-0.2, 0) is 10.0 Å². The van der Waals surface area contributed by atoms with E-state index in [1.54, 1.807) is 31.3 Å². The van der Waals surface area contributed by atoms with Crippen molar-refractivity contribution < 1.29 is 13.2 Å². The third-order valence-electron chi connectivity index (χ3n) is 3.44. The first kappa shape index (κ1) is 18.9. The molecule has 1 aromatic heterocycles. The zero-order chi connectivity index (χ0) is 17.7. The van der Waals surface area contributed by atoms with Gasteiger partial charge in [-0.05, 0) is 42.8 Å². The molecule has 2 aromatic rings. The third-order valence-corrected chi connectivity index (χ3v) is 6.54. The van der Waals surface area contributed by atoms with Gasteiger partial charge in [0.2, 0.25) is 10.0 Å². The van der Waals surface area contributed by atoms with Gasteiger partial charge in [0.1, 0.15) is 0 Å². The van der Waals surface area contributed by atoms with E-state index in [1.807, 2.05) is 6.92 Å². The molecular weight excluding hydrogens is 368 g/mol. The number of nitrogens with one attached hydrogen (secondary N) is 1. The molecule has 0 unspecified atom stereocenters. The van der Waals surface area contributed by atoms with Crippen molar-refractivity contribution in [1.29, 1.82) is 0 Å². The highest BCUT2D eigenvalue weighted by molar-refractivity contribution is 7.89. The molecule has 0 fully saturated rings. The number of nitrogens with zero attached hydrogens (tertiary/aromatic N) is 1. The number of thiophene rings is 1. The van der Waals surface area contributed by atoms with Gasteiger partial charge in [-0.2, -0.15) is 0 Å². The molecule has 0 aliphatic rings. The van der Waals surface area contributed by atoms with Gasteiger partial charge < -0.3 is 5.32 Å². The largest absolute Gasteiger partial charge is 0.321 e. The summed E-state index contributed by atoms with van der Waals surface area (Å²) in [6, 6.07) is 9.44. The SMILES string of the molecule is CCCCN(C)S(=O)(=O)c1ccc(NC(=O)c2ccc(Cl)s2)cc1. The van der Waals surface area contributed by atoms with Crippen molar-refractivity contribution in [2.24, 2.45) is 0 Å². The molecule has 0 spiro atoms. The van der Waals surface area contributed by atoms with E-state index in [0.717, 1.165) is 12.8 Å². The van der Waals surface area contributed by atoms with Crippen LogP contribution in [0.2, 0.25) is 4.34 Å². The molecule has 130 valence electrons. The lowest BCUT2D eigenvalue weighted by atomic mass is 10.3. The van der Waals surface area contributed by atoms with Gasteiger partial charge in [-0.3, -0.25) is 4.79 Å². The summed E-state index contributed by atoms with van der Waals surface area (Å²) in [5.41, 5.74) is 0.527. The van der Waals surface area contributed by atoms with E-state index in [2.05, 4.69) is 5.32 Å². The minimum absolute atomic E-state index is 0.207. The van der Waals surface area contributed by atoms with Gasteiger partial charge >= 0.3 is 0 Å². The molecule has 1 aromatic carbocycles. The normalized spacial score (nSPS) is 11.7. The molecule has 5 nitrogen and oxygen atoms in total. The maximum Gasteiger partial charge on any atom is 0.265 e. The second-order valence-electron chi connectivity index (χ2n) is 5.26. The lowest BCUT2D eigenvalue weighted by Gasteiger charge is -2.17. The fraction of sp³-hybridized carbons (Fsp3) is 0.312. The van der Waals surface area contributed by atoms with Crippen LogP contribution in [0.5, 0.6) is 0 Å². The van der Waals surface area contributed by atoms with Crippen LogP contribution in [0.25, 0.3) is 0 Å². The van der Waals surface area contributed by atoms with Gasteiger partial charge in [0, 0.05) is 19.3 Å². The van der Waals surface area contributed by atoms with Crippen LogP contribution >= 0.6 is 22.9 Å². The maximum absolute atomic E-state index is 12.4. The first-order chi connectivity index (χ1) is 11.3. The zero-order valence-corrected chi connectivity index (χ0v) is 15.8. The summed E-state index contributed by atoms with van der Waals surface area (Å²) >= 11 is 7.00. The van der Waals surface area contributed by atoms with E-state index >= 15 is 0 Å². The molecule has 0 atom stereocenters. The Morgan fingerprint density at radius 3 is 2.42 bits per heavy atom. The van der Waals surface area contributed by atoms with Gasteiger partial charge in [0.25, 0.3) is 5.91 Å². The number of anilines is 1. The Bertz CT molecular complexity index is 801. The number of unbranched alkanes of at least 4 members (excludes halogenated alkanes) is 1. The van der Waals surface area contributed by atoms with Crippen LogP contribution in [0.3, 0.4) is 0 Å². The number of amides is 1. The van der Waals surface area contributed by atoms with E-state index in [9.17, 15) is 13.2 Å². The van der Waals surface area contributed by atoms with Crippen LogP contribution in [0.4, 0.5) is 5.69 Å². The van der Waals surface area contributed by atoms with Crippen LogP contribution < -0.4 is 5.32 Å². The van der Waals surface area contributed by atoms with E-state index in [0.29, 0.717) is 21.4 Å². The molecule has 1 heterocycles. The minimum atomic E-state index is -3.50. The van der Waals surface area contributed by atoms with Gasteiger partial charge in [-0.25, -0.2) is 12.7 Å². The van der Waals surface area contributed by atoms with Crippen molar-refractivity contribution >= 4 is 44.6 Å². The zero-order valence-electron chi connectivity index (χ0n) is 13.5. The molecule has 1 amide bonds. The van der Waals surface area contributed by atoms with Crippen molar-refractivity contribution in [2.45, 2.75) is 24.7 Å². The van der Waals surface area contributed by atoms with Crippen LogP contribution in [0.1, 0.15) is 29.4 Å². The Morgan fingerprint density at radius 1 is 1.21 bits per heavy atom. The third kappa shape index (κ3) is 4.57. The molecule has 8 heteroatoms. The van der Waals surface area contributed by atoms with Gasteiger partial charge in [-0.15, -0.1) is 11.3 Å². The first-order valence-corrected chi connectivity index (χ1v) is 10.1. The quantitative estimate of drug-likeness (QED) is 0.779. The highest BCUT2D eigenvalue weighted by Crippen LogP contribution is 2.23. The number of hydrogen-bond donors (Lipinski definition) is 1. The average molecular weight is 387 g/mol. The van der Waals surface area contributed by atoms with E-state index < -0.39 is 10.0 Å². The molecule has 24 heavy (non-hydrogen) atoms. The number of benzene rings is 1. The van der Waals surface area contributed by atoms with Gasteiger partial charge in [-0.1, -0.05) is 24.9 Å². The molecule has 0 aliphatic heterocycles. The van der Waals surface area contributed by atoms with E-state index in [1.165, 1.54) is 27.8 Å². The predicted molar refractivity (Wildman–Crippen MR) is 98.4 cm³/mol. The van der Waals surface area contributed by atoms with Gasteiger partial charge in [0.05, 0.1) is 14.1 Å². The van der Waals surface area contributed by atoms with E-state index in [4.69, 9.17) is 11.6 Å². The molecule has 0 radical (unpaired) electrons. The average Bonchev–Trinajstić information content (AvgIpc) is 2.99. The fourth-order valence-electron chi connectivity index (χ4n) is 2.02. The van der Waals surface area contributed by atoms with Crippen LogP contribution in [0, 0.1) is 0 Å². The highest BCUT2D eigenvalue weighted by atomic mass is 35.5. The monoisotopic (exact) mass is 386 g/mol. The first-order valence-electron chi connectivity index (χ1n) is 7.47. The number of carbonyl (C=O) groups is 1. The molecule has 0 aliphatic carbocycles. The Kier molecular flexibility index (Phi) is 6.40. The fourth-order valence-corrected chi connectivity index (χ4v) is 4.17. The topological polar surface area (TPSA) is 66.5 Å².